The highest BCUT2D eigenvalue weighted by Crippen LogP contribution is 2.47. The summed E-state index contributed by atoms with van der Waals surface area (Å²) in [5, 5.41) is 13.7. The number of phenolic OH excluding ortho intramolecular Hbond substituents is 1. The molecule has 39 heavy (non-hydrogen) atoms. The number of dihydropyridines is 1. The van der Waals surface area contributed by atoms with Crippen molar-refractivity contribution in [2.24, 2.45) is 0 Å². The zero-order valence-corrected chi connectivity index (χ0v) is 23.3. The molecule has 2 aromatic rings. The van der Waals surface area contributed by atoms with E-state index < -0.39 is 11.9 Å². The van der Waals surface area contributed by atoms with Gasteiger partial charge in [-0.05, 0) is 68.0 Å². The predicted octanol–water partition coefficient (Wildman–Crippen LogP) is 5.51. The van der Waals surface area contributed by atoms with Crippen LogP contribution in [0.15, 0.2) is 58.9 Å². The fourth-order valence-electron chi connectivity index (χ4n) is 5.35. The summed E-state index contributed by atoms with van der Waals surface area (Å²) in [5.41, 5.74) is 4.03. The van der Waals surface area contributed by atoms with Gasteiger partial charge in [0.25, 0.3) is 0 Å². The molecule has 1 heterocycles. The van der Waals surface area contributed by atoms with Crippen LogP contribution in [-0.4, -0.2) is 44.3 Å². The Kier molecular flexibility index (Phi) is 8.84. The molecule has 0 radical (unpaired) electrons. The highest BCUT2D eigenvalue weighted by molar-refractivity contribution is 6.04. The van der Waals surface area contributed by atoms with Gasteiger partial charge in [-0.15, -0.1) is 0 Å². The second-order valence-corrected chi connectivity index (χ2v) is 9.78. The van der Waals surface area contributed by atoms with Crippen LogP contribution in [0.1, 0.15) is 69.4 Å². The molecule has 208 valence electrons. The number of carbonyl (C=O) groups excluding carboxylic acids is 2. The van der Waals surface area contributed by atoms with Gasteiger partial charge in [-0.2, -0.15) is 0 Å². The topological polar surface area (TPSA) is 103 Å². The third kappa shape index (κ3) is 5.75. The normalized spacial score (nSPS) is 18.8. The highest BCUT2D eigenvalue weighted by Gasteiger charge is 2.41. The molecule has 0 fully saturated rings. The highest BCUT2D eigenvalue weighted by atomic mass is 16.5. The fourth-order valence-corrected chi connectivity index (χ4v) is 5.35. The number of ketones is 1. The number of Topliss-reactive ketones (excluding diaryl/α,β-unsaturated/α-hetero) is 1. The first-order chi connectivity index (χ1) is 18.8. The van der Waals surface area contributed by atoms with Crippen molar-refractivity contribution in [3.63, 3.8) is 0 Å². The maximum absolute atomic E-state index is 13.9. The second kappa shape index (κ2) is 12.3. The van der Waals surface area contributed by atoms with Crippen molar-refractivity contribution in [3.8, 4) is 23.0 Å². The van der Waals surface area contributed by atoms with Crippen LogP contribution in [0.25, 0.3) is 0 Å². The third-order valence-corrected chi connectivity index (χ3v) is 7.27. The third-order valence-electron chi connectivity index (χ3n) is 7.27. The number of phenols is 1. The van der Waals surface area contributed by atoms with Crippen LogP contribution in [0.5, 0.6) is 23.0 Å². The molecule has 0 spiro atoms. The molecule has 1 aliphatic carbocycles. The largest absolute Gasteiger partial charge is 0.504 e. The van der Waals surface area contributed by atoms with Crippen LogP contribution in [-0.2, 0) is 14.3 Å². The Morgan fingerprint density at radius 2 is 1.72 bits per heavy atom. The molecule has 2 atom stereocenters. The molecule has 8 nitrogen and oxygen atoms in total. The summed E-state index contributed by atoms with van der Waals surface area (Å²) in [5.74, 6) is 0.317. The molecule has 0 unspecified atom stereocenters. The lowest BCUT2D eigenvalue weighted by Crippen LogP contribution is -2.36. The molecule has 0 saturated heterocycles. The number of aromatic hydroxyl groups is 1. The summed E-state index contributed by atoms with van der Waals surface area (Å²) in [7, 11) is 3.18. The molecule has 0 aromatic heterocycles. The first kappa shape index (κ1) is 28.1. The lowest BCUT2D eigenvalue weighted by atomic mass is 9.71. The Balaban J connectivity index is 1.77. The van der Waals surface area contributed by atoms with E-state index in [9.17, 15) is 14.7 Å². The molecule has 0 saturated carbocycles. The van der Waals surface area contributed by atoms with Crippen molar-refractivity contribution in [3.05, 3.63) is 70.1 Å². The maximum atomic E-state index is 13.9. The van der Waals surface area contributed by atoms with Crippen LogP contribution in [0.3, 0.4) is 0 Å². The molecule has 0 amide bonds. The lowest BCUT2D eigenvalue weighted by Gasteiger charge is -2.37. The van der Waals surface area contributed by atoms with Gasteiger partial charge in [-0.3, -0.25) is 4.79 Å². The first-order valence-corrected chi connectivity index (χ1v) is 13.4. The van der Waals surface area contributed by atoms with Crippen molar-refractivity contribution >= 4 is 11.8 Å². The minimum Gasteiger partial charge on any atom is -0.504 e. The van der Waals surface area contributed by atoms with E-state index in [0.29, 0.717) is 59.3 Å². The van der Waals surface area contributed by atoms with Crippen LogP contribution >= 0.6 is 0 Å². The SMILES string of the molecule is CCCCOC(=O)C1=C(C)NC2=C(C(=O)C[C@@H](c3ccc(OC)c(OC)c3)C2)[C@H]1c1ccc(O)c(OCC)c1. The molecular weight excluding hydrogens is 498 g/mol. The Bertz CT molecular complexity index is 1310. The zero-order chi connectivity index (χ0) is 28.1. The number of hydrogen-bond donors (Lipinski definition) is 2. The van der Waals surface area contributed by atoms with Crippen molar-refractivity contribution in [2.75, 3.05) is 27.4 Å². The van der Waals surface area contributed by atoms with E-state index >= 15 is 0 Å². The number of ether oxygens (including phenoxy) is 4. The molecule has 2 N–H and O–H groups in total. The van der Waals surface area contributed by atoms with Crippen molar-refractivity contribution < 1.29 is 33.6 Å². The van der Waals surface area contributed by atoms with Gasteiger partial charge in [-0.25, -0.2) is 4.79 Å². The first-order valence-electron chi connectivity index (χ1n) is 13.4. The average molecular weight is 536 g/mol. The molecule has 4 rings (SSSR count). The minimum atomic E-state index is -0.644. The van der Waals surface area contributed by atoms with Gasteiger partial charge in [-0.1, -0.05) is 25.5 Å². The number of carbonyl (C=O) groups is 2. The molecule has 2 aromatic carbocycles. The van der Waals surface area contributed by atoms with Gasteiger partial charge in [0.05, 0.1) is 33.0 Å². The quantitative estimate of drug-likeness (QED) is 0.303. The molecule has 2 aliphatic rings. The summed E-state index contributed by atoms with van der Waals surface area (Å²) in [6.07, 6.45) is 2.51. The number of esters is 1. The van der Waals surface area contributed by atoms with Gasteiger partial charge < -0.3 is 29.4 Å². The standard InChI is InChI=1S/C31H37NO7/c1-6-8-13-39-31(35)28-18(3)32-22-14-21(19-10-12-25(36-4)27(16-19)37-5)15-24(34)30(22)29(28)20-9-11-23(33)26(17-20)38-7-2/h9-12,16-17,21,29,32-33H,6-8,13-15H2,1-5H3/t21-,29-/m0/s1. The zero-order valence-electron chi connectivity index (χ0n) is 23.3. The van der Waals surface area contributed by atoms with E-state index in [1.54, 1.807) is 26.4 Å². The Hall–Kier alpha value is -3.94. The van der Waals surface area contributed by atoms with Crippen molar-refractivity contribution in [2.45, 2.75) is 58.3 Å². The summed E-state index contributed by atoms with van der Waals surface area (Å²) >= 11 is 0. The molecule has 1 aliphatic heterocycles. The smallest absolute Gasteiger partial charge is 0.336 e. The van der Waals surface area contributed by atoms with Crippen LogP contribution in [0.4, 0.5) is 0 Å². The maximum Gasteiger partial charge on any atom is 0.336 e. The number of unbranched alkanes of at least 4 members (excludes halogenated alkanes) is 1. The van der Waals surface area contributed by atoms with Gasteiger partial charge in [0.2, 0.25) is 0 Å². The van der Waals surface area contributed by atoms with E-state index in [1.165, 1.54) is 6.07 Å². The lowest BCUT2D eigenvalue weighted by molar-refractivity contribution is -0.139. The van der Waals surface area contributed by atoms with E-state index in [1.807, 2.05) is 39.0 Å². The monoisotopic (exact) mass is 535 g/mol. The van der Waals surface area contributed by atoms with Crippen LogP contribution < -0.4 is 19.5 Å². The van der Waals surface area contributed by atoms with E-state index in [2.05, 4.69) is 5.32 Å². The van der Waals surface area contributed by atoms with Gasteiger partial charge in [0, 0.05) is 29.3 Å². The summed E-state index contributed by atoms with van der Waals surface area (Å²) < 4.78 is 22.1. The Labute approximate surface area is 229 Å². The van der Waals surface area contributed by atoms with E-state index in [4.69, 9.17) is 18.9 Å². The Morgan fingerprint density at radius 3 is 2.41 bits per heavy atom. The summed E-state index contributed by atoms with van der Waals surface area (Å²) in [6.45, 7) is 6.36. The minimum absolute atomic E-state index is 0.000000829. The predicted molar refractivity (Wildman–Crippen MR) is 147 cm³/mol. The van der Waals surface area contributed by atoms with Crippen molar-refractivity contribution in [1.29, 1.82) is 0 Å². The second-order valence-electron chi connectivity index (χ2n) is 9.78. The van der Waals surface area contributed by atoms with Gasteiger partial charge in [0.15, 0.2) is 28.8 Å². The van der Waals surface area contributed by atoms with Crippen LogP contribution in [0, 0.1) is 0 Å². The molecule has 8 heteroatoms. The Morgan fingerprint density at radius 1 is 1.00 bits per heavy atom. The number of nitrogens with one attached hydrogen (secondary N) is 1. The number of rotatable bonds is 10. The number of hydrogen-bond acceptors (Lipinski definition) is 8. The fraction of sp³-hybridized carbons (Fsp3) is 0.419. The van der Waals surface area contributed by atoms with E-state index in [0.717, 1.165) is 24.1 Å². The van der Waals surface area contributed by atoms with Gasteiger partial charge in [0.1, 0.15) is 0 Å². The van der Waals surface area contributed by atoms with Crippen LogP contribution in [0.2, 0.25) is 0 Å². The van der Waals surface area contributed by atoms with Crippen molar-refractivity contribution in [1.82, 2.24) is 5.32 Å². The summed E-state index contributed by atoms with van der Waals surface area (Å²) in [4.78, 5) is 27.3. The molecular formula is C31H37NO7. The number of benzene rings is 2. The van der Waals surface area contributed by atoms with Gasteiger partial charge >= 0.3 is 5.97 Å². The summed E-state index contributed by atoms with van der Waals surface area (Å²) in [6, 6.07) is 10.7. The molecule has 0 bridgehead atoms. The van der Waals surface area contributed by atoms with E-state index in [-0.39, 0.29) is 23.9 Å². The average Bonchev–Trinajstić information content (AvgIpc) is 2.93. The number of methoxy groups -OCH3 is 2. The number of allylic oxidation sites excluding steroid dienone is 3.